The first-order chi connectivity index (χ1) is 7.06. The molecule has 0 aliphatic heterocycles. The van der Waals surface area contributed by atoms with Crippen molar-refractivity contribution in [2.75, 3.05) is 0 Å². The van der Waals surface area contributed by atoms with Crippen LogP contribution >= 0.6 is 0 Å². The van der Waals surface area contributed by atoms with Gasteiger partial charge >= 0.3 is 6.18 Å². The zero-order valence-electron chi connectivity index (χ0n) is 9.45. The van der Waals surface area contributed by atoms with Crippen LogP contribution in [0, 0.1) is 0 Å². The van der Waals surface area contributed by atoms with Crippen molar-refractivity contribution in [3.05, 3.63) is 0 Å². The molecule has 0 saturated heterocycles. The minimum absolute atomic E-state index is 0.0196. The first kappa shape index (κ1) is 13.3. The Hall–Kier alpha value is -0.780. The van der Waals surface area contributed by atoms with Crippen LogP contribution in [0.2, 0.25) is 0 Å². The van der Waals surface area contributed by atoms with Gasteiger partial charge in [-0.05, 0) is 33.1 Å². The predicted octanol–water partition coefficient (Wildman–Crippen LogP) is 1.71. The van der Waals surface area contributed by atoms with Crippen LogP contribution in [0.3, 0.4) is 0 Å². The Morgan fingerprint density at radius 2 is 1.88 bits per heavy atom. The molecule has 0 heterocycles. The normalized spacial score (nSPS) is 19.4. The largest absolute Gasteiger partial charge is 0.411 e. The second-order valence-electron chi connectivity index (χ2n) is 5.12. The van der Waals surface area contributed by atoms with Gasteiger partial charge in [0, 0.05) is 12.0 Å². The van der Waals surface area contributed by atoms with E-state index in [2.05, 4.69) is 5.32 Å². The molecular formula is C10H17F3N2O. The highest BCUT2D eigenvalue weighted by Crippen LogP contribution is 2.48. The molecule has 0 aromatic rings. The molecule has 1 aliphatic rings. The summed E-state index contributed by atoms with van der Waals surface area (Å²) in [6.07, 6.45) is -3.99. The van der Waals surface area contributed by atoms with Gasteiger partial charge in [0.1, 0.15) is 5.54 Å². The molecule has 0 unspecified atom stereocenters. The summed E-state index contributed by atoms with van der Waals surface area (Å²) in [6, 6.07) is 0. The third-order valence-electron chi connectivity index (χ3n) is 2.67. The monoisotopic (exact) mass is 238 g/mol. The summed E-state index contributed by atoms with van der Waals surface area (Å²) < 4.78 is 37.5. The second-order valence-corrected chi connectivity index (χ2v) is 5.12. The summed E-state index contributed by atoms with van der Waals surface area (Å²) in [5.41, 5.74) is 3.16. The van der Waals surface area contributed by atoms with E-state index in [9.17, 15) is 18.0 Å². The molecule has 1 amide bonds. The van der Waals surface area contributed by atoms with Crippen LogP contribution < -0.4 is 11.1 Å². The molecular weight excluding hydrogens is 221 g/mol. The number of nitrogens with one attached hydrogen (secondary N) is 1. The van der Waals surface area contributed by atoms with Crippen molar-refractivity contribution >= 4 is 5.91 Å². The SMILES string of the molecule is CC(C)(N)CCC(=O)NC1(C(F)(F)F)CC1. The summed E-state index contributed by atoms with van der Waals surface area (Å²) in [5.74, 6) is -0.576. The quantitative estimate of drug-likeness (QED) is 0.783. The summed E-state index contributed by atoms with van der Waals surface area (Å²) in [4.78, 5) is 11.3. The summed E-state index contributed by atoms with van der Waals surface area (Å²) in [5, 5.41) is 2.06. The minimum atomic E-state index is -4.35. The van der Waals surface area contributed by atoms with Gasteiger partial charge in [-0.15, -0.1) is 0 Å². The van der Waals surface area contributed by atoms with E-state index >= 15 is 0 Å². The number of nitrogens with two attached hydrogens (primary N) is 1. The Balaban J connectivity index is 2.42. The molecule has 3 nitrogen and oxygen atoms in total. The smallest absolute Gasteiger partial charge is 0.342 e. The van der Waals surface area contributed by atoms with Gasteiger partial charge in [0.05, 0.1) is 0 Å². The lowest BCUT2D eigenvalue weighted by molar-refractivity contribution is -0.170. The lowest BCUT2D eigenvalue weighted by Crippen LogP contribution is -2.48. The molecule has 0 atom stereocenters. The minimum Gasteiger partial charge on any atom is -0.342 e. The molecule has 3 N–H and O–H groups in total. The van der Waals surface area contributed by atoms with E-state index in [4.69, 9.17) is 5.73 Å². The molecule has 0 spiro atoms. The average molecular weight is 238 g/mol. The van der Waals surface area contributed by atoms with E-state index < -0.39 is 23.2 Å². The molecule has 6 heteroatoms. The highest BCUT2D eigenvalue weighted by atomic mass is 19.4. The summed E-state index contributed by atoms with van der Waals surface area (Å²) in [7, 11) is 0. The Bertz CT molecular complexity index is 277. The highest BCUT2D eigenvalue weighted by Gasteiger charge is 2.64. The summed E-state index contributed by atoms with van der Waals surface area (Å²) >= 11 is 0. The lowest BCUT2D eigenvalue weighted by Gasteiger charge is -2.22. The van der Waals surface area contributed by atoms with E-state index in [1.165, 1.54) is 0 Å². The number of carbonyl (C=O) groups excluding carboxylic acids is 1. The molecule has 0 bridgehead atoms. The summed E-state index contributed by atoms with van der Waals surface area (Å²) in [6.45, 7) is 3.47. The van der Waals surface area contributed by atoms with Crippen LogP contribution in [0.4, 0.5) is 13.2 Å². The van der Waals surface area contributed by atoms with E-state index in [0.29, 0.717) is 6.42 Å². The fourth-order valence-corrected chi connectivity index (χ4v) is 1.37. The number of carbonyl (C=O) groups is 1. The standard InChI is InChI=1S/C10H17F3N2O/c1-8(2,14)4-3-7(16)15-9(5-6-9)10(11,12)13/h3-6,14H2,1-2H3,(H,15,16). The number of rotatable bonds is 4. The van der Waals surface area contributed by atoms with Crippen LogP contribution in [-0.4, -0.2) is 23.2 Å². The molecule has 16 heavy (non-hydrogen) atoms. The third kappa shape index (κ3) is 3.37. The maximum Gasteiger partial charge on any atom is 0.411 e. The van der Waals surface area contributed by atoms with Gasteiger partial charge in [-0.3, -0.25) is 4.79 Å². The molecule has 1 aliphatic carbocycles. The van der Waals surface area contributed by atoms with E-state index in [1.54, 1.807) is 13.8 Å². The third-order valence-corrected chi connectivity index (χ3v) is 2.67. The first-order valence-electron chi connectivity index (χ1n) is 5.22. The van der Waals surface area contributed by atoms with Crippen molar-refractivity contribution in [1.29, 1.82) is 0 Å². The zero-order chi connectivity index (χ0) is 12.6. The van der Waals surface area contributed by atoms with Crippen molar-refractivity contribution < 1.29 is 18.0 Å². The maximum absolute atomic E-state index is 12.5. The van der Waals surface area contributed by atoms with Gasteiger partial charge in [-0.25, -0.2) is 0 Å². The lowest BCUT2D eigenvalue weighted by atomic mass is 10.00. The molecule has 0 radical (unpaired) electrons. The molecule has 0 aromatic heterocycles. The van der Waals surface area contributed by atoms with Gasteiger partial charge < -0.3 is 11.1 Å². The van der Waals surface area contributed by atoms with Gasteiger partial charge in [-0.1, -0.05) is 0 Å². The van der Waals surface area contributed by atoms with E-state index in [-0.39, 0.29) is 19.3 Å². The molecule has 94 valence electrons. The molecule has 0 aromatic carbocycles. The molecule has 1 saturated carbocycles. The van der Waals surface area contributed by atoms with Crippen molar-refractivity contribution in [3.8, 4) is 0 Å². The fourth-order valence-electron chi connectivity index (χ4n) is 1.37. The number of hydrogen-bond acceptors (Lipinski definition) is 2. The van der Waals surface area contributed by atoms with Crippen molar-refractivity contribution in [2.24, 2.45) is 5.73 Å². The topological polar surface area (TPSA) is 55.1 Å². The van der Waals surface area contributed by atoms with Gasteiger partial charge in [0.2, 0.25) is 5.91 Å². The van der Waals surface area contributed by atoms with Gasteiger partial charge in [0.25, 0.3) is 0 Å². The first-order valence-corrected chi connectivity index (χ1v) is 5.22. The van der Waals surface area contributed by atoms with Gasteiger partial charge in [-0.2, -0.15) is 13.2 Å². The zero-order valence-corrected chi connectivity index (χ0v) is 9.45. The van der Waals surface area contributed by atoms with Crippen molar-refractivity contribution in [2.45, 2.75) is 56.8 Å². The van der Waals surface area contributed by atoms with Crippen molar-refractivity contribution in [1.82, 2.24) is 5.32 Å². The Labute approximate surface area is 92.6 Å². The van der Waals surface area contributed by atoms with E-state index in [1.807, 2.05) is 0 Å². The van der Waals surface area contributed by atoms with Gasteiger partial charge in [0.15, 0.2) is 0 Å². The fraction of sp³-hybridized carbons (Fsp3) is 0.900. The van der Waals surface area contributed by atoms with Crippen LogP contribution in [0.1, 0.15) is 39.5 Å². The molecule has 1 rings (SSSR count). The van der Waals surface area contributed by atoms with E-state index in [0.717, 1.165) is 0 Å². The average Bonchev–Trinajstić information content (AvgIpc) is 2.79. The van der Waals surface area contributed by atoms with Crippen molar-refractivity contribution in [3.63, 3.8) is 0 Å². The number of amides is 1. The highest BCUT2D eigenvalue weighted by molar-refractivity contribution is 5.77. The van der Waals surface area contributed by atoms with Crippen LogP contribution in [0.25, 0.3) is 0 Å². The number of hydrogen-bond donors (Lipinski definition) is 2. The van der Waals surface area contributed by atoms with Crippen LogP contribution in [0.15, 0.2) is 0 Å². The number of alkyl halides is 3. The van der Waals surface area contributed by atoms with Crippen LogP contribution in [0.5, 0.6) is 0 Å². The predicted molar refractivity (Wildman–Crippen MR) is 53.7 cm³/mol. The maximum atomic E-state index is 12.5. The molecule has 1 fully saturated rings. The second kappa shape index (κ2) is 3.91. The Kier molecular flexibility index (Phi) is 3.24. The number of halogens is 3. The Morgan fingerprint density at radius 1 is 1.38 bits per heavy atom. The Morgan fingerprint density at radius 3 is 2.19 bits per heavy atom. The van der Waals surface area contributed by atoms with Crippen LogP contribution in [-0.2, 0) is 4.79 Å².